The van der Waals surface area contributed by atoms with Gasteiger partial charge in [-0.25, -0.2) is 4.98 Å². The molecular formula is C23H24N4O3S. The maximum atomic E-state index is 12.5. The van der Waals surface area contributed by atoms with E-state index in [0.717, 1.165) is 29.1 Å². The van der Waals surface area contributed by atoms with Gasteiger partial charge in [0.2, 0.25) is 5.91 Å². The first-order chi connectivity index (χ1) is 15.1. The quantitative estimate of drug-likeness (QED) is 0.547. The average Bonchev–Trinajstić information content (AvgIpc) is 3.27. The van der Waals surface area contributed by atoms with Gasteiger partial charge in [-0.1, -0.05) is 12.1 Å². The number of fused-ring (bicyclic) bond motifs is 1. The number of hydrogen-bond acceptors (Lipinski definition) is 6. The summed E-state index contributed by atoms with van der Waals surface area (Å²) in [6.45, 7) is 2.63. The molecule has 0 saturated heterocycles. The van der Waals surface area contributed by atoms with Crippen molar-refractivity contribution in [3.8, 4) is 17.0 Å². The Morgan fingerprint density at radius 1 is 1.23 bits per heavy atom. The van der Waals surface area contributed by atoms with E-state index >= 15 is 0 Å². The molecule has 31 heavy (non-hydrogen) atoms. The van der Waals surface area contributed by atoms with Gasteiger partial charge in [0.05, 0.1) is 16.4 Å². The molecule has 0 aliphatic carbocycles. The highest BCUT2D eigenvalue weighted by Crippen LogP contribution is 2.33. The van der Waals surface area contributed by atoms with Crippen LogP contribution in [0.2, 0.25) is 0 Å². The lowest BCUT2D eigenvalue weighted by Crippen LogP contribution is -2.45. The number of aryl methyl sites for hydroxylation is 1. The zero-order valence-corrected chi connectivity index (χ0v) is 18.1. The van der Waals surface area contributed by atoms with Gasteiger partial charge in [-0.2, -0.15) is 0 Å². The minimum absolute atomic E-state index is 0.0685. The molecule has 0 saturated carbocycles. The molecule has 1 aromatic carbocycles. The fourth-order valence-electron chi connectivity index (χ4n) is 3.44. The third-order valence-electron chi connectivity index (χ3n) is 5.05. The van der Waals surface area contributed by atoms with Gasteiger partial charge in [0.15, 0.2) is 6.10 Å². The van der Waals surface area contributed by atoms with E-state index in [1.807, 2.05) is 41.8 Å². The highest BCUT2D eigenvalue weighted by Gasteiger charge is 2.31. The molecule has 160 valence electrons. The number of nitrogens with one attached hydrogen (secondary N) is 1. The molecule has 2 amide bonds. The third-order valence-corrected chi connectivity index (χ3v) is 5.96. The van der Waals surface area contributed by atoms with Crippen LogP contribution >= 0.6 is 11.3 Å². The number of thiazole rings is 1. The Morgan fingerprint density at radius 3 is 2.87 bits per heavy atom. The summed E-state index contributed by atoms with van der Waals surface area (Å²) in [6.07, 6.45) is 4.83. The molecule has 8 heteroatoms. The van der Waals surface area contributed by atoms with Gasteiger partial charge in [-0.3, -0.25) is 14.6 Å². The van der Waals surface area contributed by atoms with Crippen molar-refractivity contribution in [3.63, 3.8) is 0 Å². The highest BCUT2D eigenvalue weighted by atomic mass is 32.1. The molecule has 1 unspecified atom stereocenters. The maximum absolute atomic E-state index is 12.5. The fraction of sp³-hybridized carbons (Fsp3) is 0.304. The van der Waals surface area contributed by atoms with E-state index in [2.05, 4.69) is 15.3 Å². The van der Waals surface area contributed by atoms with Crippen molar-refractivity contribution in [2.24, 2.45) is 0 Å². The number of carbonyl (C=O) groups excluding carboxylic acids is 2. The molecule has 0 fully saturated rings. The smallest absolute Gasteiger partial charge is 0.267 e. The van der Waals surface area contributed by atoms with Crippen molar-refractivity contribution < 1.29 is 14.3 Å². The molecule has 3 aromatic rings. The SMILES string of the molecule is CC1Oc2ccccc2N(CCC(=O)NCCCc2nc(-c3ccncc3)cs2)C1=O. The zero-order chi connectivity index (χ0) is 21.6. The third kappa shape index (κ3) is 5.08. The highest BCUT2D eigenvalue weighted by molar-refractivity contribution is 7.09. The average molecular weight is 437 g/mol. The Morgan fingerprint density at radius 2 is 2.03 bits per heavy atom. The van der Waals surface area contributed by atoms with Gasteiger partial charge >= 0.3 is 0 Å². The first kappa shape index (κ1) is 21.0. The summed E-state index contributed by atoms with van der Waals surface area (Å²) in [7, 11) is 0. The Balaban J connectivity index is 1.22. The molecule has 0 spiro atoms. The van der Waals surface area contributed by atoms with Crippen LogP contribution < -0.4 is 15.0 Å². The fourth-order valence-corrected chi connectivity index (χ4v) is 4.29. The van der Waals surface area contributed by atoms with E-state index < -0.39 is 6.10 Å². The van der Waals surface area contributed by atoms with Crippen LogP contribution in [0, 0.1) is 0 Å². The van der Waals surface area contributed by atoms with Crippen LogP contribution in [-0.4, -0.2) is 41.0 Å². The molecule has 4 rings (SSSR count). The van der Waals surface area contributed by atoms with Crippen molar-refractivity contribution in [1.82, 2.24) is 15.3 Å². The van der Waals surface area contributed by atoms with E-state index in [1.165, 1.54) is 0 Å². The summed E-state index contributed by atoms with van der Waals surface area (Å²) in [5.74, 6) is 0.478. The number of nitrogens with zero attached hydrogens (tertiary/aromatic N) is 3. The van der Waals surface area contributed by atoms with E-state index in [1.54, 1.807) is 35.6 Å². The Bertz CT molecular complexity index is 1050. The number of anilines is 1. The molecule has 1 atom stereocenters. The first-order valence-corrected chi connectivity index (χ1v) is 11.2. The monoisotopic (exact) mass is 436 g/mol. The second-order valence-electron chi connectivity index (χ2n) is 7.28. The minimum Gasteiger partial charge on any atom is -0.479 e. The summed E-state index contributed by atoms with van der Waals surface area (Å²) < 4.78 is 5.63. The number of hydrogen-bond donors (Lipinski definition) is 1. The van der Waals surface area contributed by atoms with Crippen molar-refractivity contribution >= 4 is 28.8 Å². The molecule has 0 bridgehead atoms. The van der Waals surface area contributed by atoms with Gasteiger partial charge in [-0.15, -0.1) is 11.3 Å². The molecular weight excluding hydrogens is 412 g/mol. The molecule has 2 aromatic heterocycles. The number of para-hydroxylation sites is 2. The van der Waals surface area contributed by atoms with Crippen LogP contribution in [0.15, 0.2) is 54.2 Å². The van der Waals surface area contributed by atoms with Crippen LogP contribution in [-0.2, 0) is 16.0 Å². The lowest BCUT2D eigenvalue weighted by Gasteiger charge is -2.32. The summed E-state index contributed by atoms with van der Waals surface area (Å²) in [5.41, 5.74) is 2.72. The van der Waals surface area contributed by atoms with Crippen LogP contribution in [0.1, 0.15) is 24.8 Å². The van der Waals surface area contributed by atoms with Crippen molar-refractivity contribution in [3.05, 3.63) is 59.2 Å². The van der Waals surface area contributed by atoms with Crippen LogP contribution in [0.3, 0.4) is 0 Å². The number of benzene rings is 1. The number of amides is 2. The van der Waals surface area contributed by atoms with Crippen LogP contribution in [0.25, 0.3) is 11.3 Å². The second-order valence-corrected chi connectivity index (χ2v) is 8.23. The zero-order valence-electron chi connectivity index (χ0n) is 17.3. The Kier molecular flexibility index (Phi) is 6.57. The van der Waals surface area contributed by atoms with Gasteiger partial charge in [0.25, 0.3) is 5.91 Å². The number of carbonyl (C=O) groups is 2. The van der Waals surface area contributed by atoms with E-state index in [-0.39, 0.29) is 18.2 Å². The largest absolute Gasteiger partial charge is 0.479 e. The number of ether oxygens (including phenoxy) is 1. The van der Waals surface area contributed by atoms with Crippen molar-refractivity contribution in [2.45, 2.75) is 32.3 Å². The molecule has 1 aliphatic heterocycles. The molecule has 7 nitrogen and oxygen atoms in total. The predicted molar refractivity (Wildman–Crippen MR) is 120 cm³/mol. The molecule has 1 N–H and O–H groups in total. The number of aromatic nitrogens is 2. The number of rotatable bonds is 8. The van der Waals surface area contributed by atoms with E-state index in [4.69, 9.17) is 4.74 Å². The maximum Gasteiger partial charge on any atom is 0.267 e. The minimum atomic E-state index is -0.548. The lowest BCUT2D eigenvalue weighted by atomic mass is 10.1. The van der Waals surface area contributed by atoms with Crippen LogP contribution in [0.4, 0.5) is 5.69 Å². The topological polar surface area (TPSA) is 84.4 Å². The summed E-state index contributed by atoms with van der Waals surface area (Å²) in [6, 6.07) is 11.3. The van der Waals surface area contributed by atoms with Crippen LogP contribution in [0.5, 0.6) is 5.75 Å². The van der Waals surface area contributed by atoms with Gasteiger partial charge in [-0.05, 0) is 37.6 Å². The summed E-state index contributed by atoms with van der Waals surface area (Å²) in [4.78, 5) is 35.1. The van der Waals surface area contributed by atoms with Crippen molar-refractivity contribution in [1.29, 1.82) is 0 Å². The van der Waals surface area contributed by atoms with Gasteiger partial charge < -0.3 is 15.0 Å². The van der Waals surface area contributed by atoms with Crippen molar-refractivity contribution in [2.75, 3.05) is 18.0 Å². The first-order valence-electron chi connectivity index (χ1n) is 10.3. The van der Waals surface area contributed by atoms with E-state index in [0.29, 0.717) is 24.5 Å². The summed E-state index contributed by atoms with van der Waals surface area (Å²) in [5, 5.41) is 6.03. The Labute approximate surface area is 185 Å². The summed E-state index contributed by atoms with van der Waals surface area (Å²) >= 11 is 1.63. The standard InChI is InChI=1S/C23H24N4O3S/c1-16-23(29)27(19-5-2-3-6-20(19)30-16)14-10-21(28)25-11-4-7-22-26-18(15-31-22)17-8-12-24-13-9-17/h2-3,5-6,8-9,12-13,15-16H,4,7,10-11,14H2,1H3,(H,25,28). The van der Waals surface area contributed by atoms with Gasteiger partial charge in [0, 0.05) is 49.3 Å². The Hall–Kier alpha value is -3.26. The van der Waals surface area contributed by atoms with Gasteiger partial charge in [0.1, 0.15) is 5.75 Å². The number of pyridine rings is 1. The van der Waals surface area contributed by atoms with E-state index in [9.17, 15) is 9.59 Å². The molecule has 0 radical (unpaired) electrons. The molecule has 3 heterocycles. The lowest BCUT2D eigenvalue weighted by molar-refractivity contribution is -0.125. The second kappa shape index (κ2) is 9.70. The molecule has 1 aliphatic rings. The predicted octanol–water partition coefficient (Wildman–Crippen LogP) is 3.46. The normalized spacial score (nSPS) is 15.3.